The Morgan fingerprint density at radius 1 is 1.31 bits per heavy atom. The highest BCUT2D eigenvalue weighted by molar-refractivity contribution is 5.32. The highest BCUT2D eigenvalue weighted by Crippen LogP contribution is 2.34. The van der Waals surface area contributed by atoms with Gasteiger partial charge in [-0.15, -0.1) is 0 Å². The number of benzene rings is 1. The molecule has 2 rings (SSSR count). The van der Waals surface area contributed by atoms with E-state index in [1.807, 2.05) is 0 Å². The minimum Gasteiger partial charge on any atom is -0.391 e. The van der Waals surface area contributed by atoms with Crippen molar-refractivity contribution in [3.8, 4) is 0 Å². The Balaban J connectivity index is 2.13. The van der Waals surface area contributed by atoms with Gasteiger partial charge in [0.25, 0.3) is 0 Å². The van der Waals surface area contributed by atoms with Gasteiger partial charge in [-0.2, -0.15) is 0 Å². The first-order chi connectivity index (χ1) is 7.68. The van der Waals surface area contributed by atoms with E-state index in [0.29, 0.717) is 12.3 Å². The molecule has 0 saturated heterocycles. The molecule has 0 saturated carbocycles. The zero-order valence-electron chi connectivity index (χ0n) is 9.76. The highest BCUT2D eigenvalue weighted by atomic mass is 16.3. The maximum absolute atomic E-state index is 9.75. The van der Waals surface area contributed by atoms with Gasteiger partial charge in [-0.1, -0.05) is 24.3 Å². The van der Waals surface area contributed by atoms with Crippen molar-refractivity contribution in [3.05, 3.63) is 35.4 Å². The van der Waals surface area contributed by atoms with E-state index in [0.717, 1.165) is 12.8 Å². The molecule has 1 aliphatic carbocycles. The van der Waals surface area contributed by atoms with Crippen LogP contribution in [0.4, 0.5) is 0 Å². The van der Waals surface area contributed by atoms with Gasteiger partial charge in [0.15, 0.2) is 0 Å². The maximum atomic E-state index is 9.75. The van der Waals surface area contributed by atoms with Crippen LogP contribution in [0.25, 0.3) is 0 Å². The molecule has 88 valence electrons. The van der Waals surface area contributed by atoms with Crippen molar-refractivity contribution in [1.29, 1.82) is 0 Å². The molecule has 0 aromatic heterocycles. The van der Waals surface area contributed by atoms with Gasteiger partial charge in [0.05, 0.1) is 12.2 Å². The second kappa shape index (κ2) is 4.98. The summed E-state index contributed by atoms with van der Waals surface area (Å²) in [4.78, 5) is 0. The van der Waals surface area contributed by atoms with E-state index in [1.54, 1.807) is 6.92 Å². The van der Waals surface area contributed by atoms with Gasteiger partial charge in [-0.05, 0) is 49.7 Å². The quantitative estimate of drug-likeness (QED) is 0.820. The fourth-order valence-corrected chi connectivity index (χ4v) is 2.59. The molecule has 16 heavy (non-hydrogen) atoms. The predicted octanol–water partition coefficient (Wildman–Crippen LogP) is 2.24. The van der Waals surface area contributed by atoms with Crippen LogP contribution < -0.4 is 0 Å². The van der Waals surface area contributed by atoms with Crippen LogP contribution in [-0.2, 0) is 6.42 Å². The lowest BCUT2D eigenvalue weighted by Crippen LogP contribution is -2.26. The van der Waals surface area contributed by atoms with E-state index in [2.05, 4.69) is 24.3 Å². The van der Waals surface area contributed by atoms with Gasteiger partial charge in [-0.25, -0.2) is 0 Å². The van der Waals surface area contributed by atoms with Crippen molar-refractivity contribution < 1.29 is 10.2 Å². The Morgan fingerprint density at radius 2 is 2.06 bits per heavy atom. The molecule has 0 bridgehead atoms. The smallest absolute Gasteiger partial charge is 0.0802 e. The SMILES string of the molecule is CC(O)C(O)CC1CCCc2ccccc21. The lowest BCUT2D eigenvalue weighted by Gasteiger charge is -2.28. The topological polar surface area (TPSA) is 40.5 Å². The monoisotopic (exact) mass is 220 g/mol. The van der Waals surface area contributed by atoms with Crippen molar-refractivity contribution in [2.75, 3.05) is 0 Å². The normalized spacial score (nSPS) is 23.6. The van der Waals surface area contributed by atoms with E-state index in [1.165, 1.54) is 17.5 Å². The van der Waals surface area contributed by atoms with Crippen molar-refractivity contribution in [2.45, 2.75) is 50.7 Å². The largest absolute Gasteiger partial charge is 0.391 e. The van der Waals surface area contributed by atoms with Crippen LogP contribution in [0.5, 0.6) is 0 Å². The fraction of sp³-hybridized carbons (Fsp3) is 0.571. The number of aliphatic hydroxyl groups excluding tert-OH is 2. The summed E-state index contributed by atoms with van der Waals surface area (Å²) in [6.07, 6.45) is 2.91. The summed E-state index contributed by atoms with van der Waals surface area (Å²) in [5, 5.41) is 19.1. The van der Waals surface area contributed by atoms with Gasteiger partial charge in [0.2, 0.25) is 0 Å². The molecular formula is C14H20O2. The van der Waals surface area contributed by atoms with Crippen LogP contribution in [0.3, 0.4) is 0 Å². The summed E-state index contributed by atoms with van der Waals surface area (Å²) < 4.78 is 0. The molecule has 1 aromatic rings. The molecule has 0 spiro atoms. The number of hydrogen-bond acceptors (Lipinski definition) is 2. The van der Waals surface area contributed by atoms with Crippen LogP contribution >= 0.6 is 0 Å². The standard InChI is InChI=1S/C14H20O2/c1-10(15)14(16)9-12-7-4-6-11-5-2-3-8-13(11)12/h2-3,5,8,10,12,14-16H,4,6-7,9H2,1H3. The van der Waals surface area contributed by atoms with E-state index in [9.17, 15) is 10.2 Å². The zero-order valence-corrected chi connectivity index (χ0v) is 9.76. The van der Waals surface area contributed by atoms with Crippen molar-refractivity contribution in [3.63, 3.8) is 0 Å². The van der Waals surface area contributed by atoms with Gasteiger partial charge in [0, 0.05) is 0 Å². The summed E-state index contributed by atoms with van der Waals surface area (Å²) in [7, 11) is 0. The summed E-state index contributed by atoms with van der Waals surface area (Å²) in [5.41, 5.74) is 2.78. The van der Waals surface area contributed by atoms with Crippen molar-refractivity contribution in [2.24, 2.45) is 0 Å². The van der Waals surface area contributed by atoms with Crippen LogP contribution in [0.1, 0.15) is 43.2 Å². The van der Waals surface area contributed by atoms with Crippen LogP contribution in [0.15, 0.2) is 24.3 Å². The van der Waals surface area contributed by atoms with E-state index in [4.69, 9.17) is 0 Å². The number of aliphatic hydroxyl groups is 2. The van der Waals surface area contributed by atoms with Crippen molar-refractivity contribution in [1.82, 2.24) is 0 Å². The Hall–Kier alpha value is -0.860. The number of hydrogen-bond donors (Lipinski definition) is 2. The third-order valence-electron chi connectivity index (χ3n) is 3.58. The highest BCUT2D eigenvalue weighted by Gasteiger charge is 2.23. The Kier molecular flexibility index (Phi) is 3.62. The first-order valence-corrected chi connectivity index (χ1v) is 6.12. The van der Waals surface area contributed by atoms with Gasteiger partial charge in [0.1, 0.15) is 0 Å². The van der Waals surface area contributed by atoms with Gasteiger partial charge >= 0.3 is 0 Å². The fourth-order valence-electron chi connectivity index (χ4n) is 2.59. The van der Waals surface area contributed by atoms with Crippen LogP contribution in [-0.4, -0.2) is 22.4 Å². The number of rotatable bonds is 3. The molecule has 2 N–H and O–H groups in total. The van der Waals surface area contributed by atoms with Gasteiger partial charge in [-0.3, -0.25) is 0 Å². The van der Waals surface area contributed by atoms with Crippen LogP contribution in [0.2, 0.25) is 0 Å². The second-order valence-corrected chi connectivity index (χ2v) is 4.83. The number of fused-ring (bicyclic) bond motifs is 1. The minimum absolute atomic E-state index is 0.412. The molecule has 0 heterocycles. The molecule has 1 aliphatic rings. The third kappa shape index (κ3) is 2.45. The molecule has 3 atom stereocenters. The van der Waals surface area contributed by atoms with E-state index < -0.39 is 12.2 Å². The first-order valence-electron chi connectivity index (χ1n) is 6.12. The maximum Gasteiger partial charge on any atom is 0.0802 e. The number of aryl methyl sites for hydroxylation is 1. The lowest BCUT2D eigenvalue weighted by atomic mass is 9.79. The molecular weight excluding hydrogens is 200 g/mol. The molecule has 3 unspecified atom stereocenters. The van der Waals surface area contributed by atoms with E-state index >= 15 is 0 Å². The van der Waals surface area contributed by atoms with Gasteiger partial charge < -0.3 is 10.2 Å². The molecule has 0 radical (unpaired) electrons. The summed E-state index contributed by atoms with van der Waals surface area (Å²) in [6, 6.07) is 8.47. The average Bonchev–Trinajstić information content (AvgIpc) is 2.29. The second-order valence-electron chi connectivity index (χ2n) is 4.83. The van der Waals surface area contributed by atoms with Crippen molar-refractivity contribution >= 4 is 0 Å². The predicted molar refractivity (Wildman–Crippen MR) is 64.4 cm³/mol. The molecule has 2 nitrogen and oxygen atoms in total. The molecule has 2 heteroatoms. The summed E-state index contributed by atoms with van der Waals surface area (Å²) >= 11 is 0. The molecule has 0 fully saturated rings. The van der Waals surface area contributed by atoms with Crippen LogP contribution in [0, 0.1) is 0 Å². The third-order valence-corrected chi connectivity index (χ3v) is 3.58. The summed E-state index contributed by atoms with van der Waals surface area (Å²) in [6.45, 7) is 1.65. The Labute approximate surface area is 96.9 Å². The average molecular weight is 220 g/mol. The minimum atomic E-state index is -0.630. The van der Waals surface area contributed by atoms with E-state index in [-0.39, 0.29) is 0 Å². The molecule has 0 amide bonds. The Bertz CT molecular complexity index is 346. The summed E-state index contributed by atoms with van der Waals surface area (Å²) in [5.74, 6) is 0.412. The zero-order chi connectivity index (χ0) is 11.5. The molecule has 1 aromatic carbocycles. The first kappa shape index (κ1) is 11.6. The lowest BCUT2D eigenvalue weighted by molar-refractivity contribution is 0.0207. The molecule has 0 aliphatic heterocycles. The Morgan fingerprint density at radius 3 is 2.81 bits per heavy atom.